The number of hydrogen-bond acceptors (Lipinski definition) is 2. The van der Waals surface area contributed by atoms with Crippen molar-refractivity contribution in [3.63, 3.8) is 0 Å². The predicted octanol–water partition coefficient (Wildman–Crippen LogP) is 4.86. The molecule has 0 spiro atoms. The van der Waals surface area contributed by atoms with Gasteiger partial charge in [0.05, 0.1) is 11.6 Å². The number of nitrogens with one attached hydrogen (secondary N) is 1. The predicted molar refractivity (Wildman–Crippen MR) is 83.6 cm³/mol. The highest BCUT2D eigenvalue weighted by Crippen LogP contribution is 2.23. The molecule has 0 heterocycles. The molecule has 0 fully saturated rings. The van der Waals surface area contributed by atoms with Crippen LogP contribution in [0.25, 0.3) is 0 Å². The summed E-state index contributed by atoms with van der Waals surface area (Å²) in [5.41, 5.74) is 3.42. The van der Waals surface area contributed by atoms with Crippen molar-refractivity contribution in [2.45, 2.75) is 13.2 Å². The Hall–Kier alpha value is -1.03. The number of benzene rings is 2. The Bertz CT molecular complexity index is 560. The first-order chi connectivity index (χ1) is 9.19. The Labute approximate surface area is 126 Å². The summed E-state index contributed by atoms with van der Waals surface area (Å²) < 4.78 is 6.04. The molecule has 0 unspecified atom stereocenters. The summed E-state index contributed by atoms with van der Waals surface area (Å²) in [6.45, 7) is 1.38. The largest absolute Gasteiger partial charge is 0.381 e. The van der Waals surface area contributed by atoms with Gasteiger partial charge in [-0.25, -0.2) is 0 Å². The van der Waals surface area contributed by atoms with E-state index in [-0.39, 0.29) is 0 Å². The Morgan fingerprint density at radius 3 is 2.74 bits per heavy atom. The van der Waals surface area contributed by atoms with Gasteiger partial charge in [0.1, 0.15) is 0 Å². The molecule has 4 heteroatoms. The van der Waals surface area contributed by atoms with Gasteiger partial charge >= 0.3 is 0 Å². The van der Waals surface area contributed by atoms with Crippen LogP contribution in [0.4, 0.5) is 5.69 Å². The quantitative estimate of drug-likeness (QED) is 0.839. The van der Waals surface area contributed by atoms with Crippen LogP contribution in [-0.2, 0) is 17.9 Å². The molecule has 19 heavy (non-hydrogen) atoms. The maximum absolute atomic E-state index is 5.97. The number of methoxy groups -OCH3 is 1. The van der Waals surface area contributed by atoms with E-state index in [1.807, 2.05) is 36.4 Å². The second kappa shape index (κ2) is 6.94. The third kappa shape index (κ3) is 4.23. The minimum atomic E-state index is 0.627. The third-order valence-corrected chi connectivity index (χ3v) is 3.93. The first-order valence-corrected chi connectivity index (χ1v) is 7.12. The summed E-state index contributed by atoms with van der Waals surface area (Å²) in [6.07, 6.45) is 0. The van der Waals surface area contributed by atoms with Gasteiger partial charge in [-0.15, -0.1) is 0 Å². The second-order valence-corrected chi connectivity index (χ2v) is 5.50. The minimum Gasteiger partial charge on any atom is -0.381 e. The fourth-order valence-electron chi connectivity index (χ4n) is 1.79. The summed E-state index contributed by atoms with van der Waals surface area (Å²) in [7, 11) is 1.70. The van der Waals surface area contributed by atoms with Gasteiger partial charge in [0.2, 0.25) is 0 Å². The molecule has 0 aliphatic carbocycles. The van der Waals surface area contributed by atoms with Crippen LogP contribution >= 0.6 is 27.5 Å². The summed E-state index contributed by atoms with van der Waals surface area (Å²) in [5.74, 6) is 0. The minimum absolute atomic E-state index is 0.627. The van der Waals surface area contributed by atoms with Gasteiger partial charge in [-0.2, -0.15) is 0 Å². The zero-order chi connectivity index (χ0) is 13.7. The monoisotopic (exact) mass is 339 g/mol. The summed E-state index contributed by atoms with van der Waals surface area (Å²) in [4.78, 5) is 0. The van der Waals surface area contributed by atoms with Crippen LogP contribution in [0.5, 0.6) is 0 Å². The van der Waals surface area contributed by atoms with E-state index in [0.29, 0.717) is 6.61 Å². The molecule has 100 valence electrons. The number of rotatable bonds is 5. The Morgan fingerprint density at radius 1 is 1.16 bits per heavy atom. The highest BCUT2D eigenvalue weighted by atomic mass is 79.9. The standard InChI is InChI=1S/C15H15BrClNO/c1-19-10-12-3-2-4-13(7-12)18-9-11-5-6-15(17)14(16)8-11/h2-8,18H,9-10H2,1H3. The molecular weight excluding hydrogens is 326 g/mol. The molecule has 2 aromatic carbocycles. The van der Waals surface area contributed by atoms with Crippen LogP contribution < -0.4 is 5.32 Å². The Balaban J connectivity index is 2.01. The zero-order valence-electron chi connectivity index (χ0n) is 10.6. The summed E-state index contributed by atoms with van der Waals surface area (Å²) >= 11 is 9.40. The lowest BCUT2D eigenvalue weighted by molar-refractivity contribution is 0.185. The fraction of sp³-hybridized carbons (Fsp3) is 0.200. The SMILES string of the molecule is COCc1cccc(NCc2ccc(Cl)c(Br)c2)c1. The second-order valence-electron chi connectivity index (χ2n) is 4.24. The highest BCUT2D eigenvalue weighted by molar-refractivity contribution is 9.10. The molecule has 0 radical (unpaired) electrons. The lowest BCUT2D eigenvalue weighted by Crippen LogP contribution is -2.00. The van der Waals surface area contributed by atoms with E-state index in [4.69, 9.17) is 16.3 Å². The molecule has 0 saturated heterocycles. The molecule has 0 atom stereocenters. The Kier molecular flexibility index (Phi) is 5.25. The van der Waals surface area contributed by atoms with Crippen LogP contribution in [0, 0.1) is 0 Å². The van der Waals surface area contributed by atoms with Crippen molar-refractivity contribution in [1.29, 1.82) is 0 Å². The van der Waals surface area contributed by atoms with Gasteiger partial charge in [-0.05, 0) is 51.3 Å². The molecule has 2 aromatic rings. The van der Waals surface area contributed by atoms with E-state index in [1.54, 1.807) is 7.11 Å². The van der Waals surface area contributed by atoms with Crippen molar-refractivity contribution >= 4 is 33.2 Å². The molecule has 2 nitrogen and oxygen atoms in total. The van der Waals surface area contributed by atoms with Gasteiger partial charge < -0.3 is 10.1 Å². The smallest absolute Gasteiger partial charge is 0.0713 e. The number of halogens is 2. The summed E-state index contributed by atoms with van der Waals surface area (Å²) in [5, 5.41) is 4.11. The van der Waals surface area contributed by atoms with Crippen molar-refractivity contribution < 1.29 is 4.74 Å². The van der Waals surface area contributed by atoms with E-state index < -0.39 is 0 Å². The summed E-state index contributed by atoms with van der Waals surface area (Å²) in [6, 6.07) is 14.1. The maximum atomic E-state index is 5.97. The average Bonchev–Trinajstić information content (AvgIpc) is 2.41. The first kappa shape index (κ1) is 14.4. The molecule has 1 N–H and O–H groups in total. The van der Waals surface area contributed by atoms with Crippen molar-refractivity contribution in [2.75, 3.05) is 12.4 Å². The lowest BCUT2D eigenvalue weighted by atomic mass is 10.2. The molecule has 0 aliphatic heterocycles. The van der Waals surface area contributed by atoms with Crippen molar-refractivity contribution in [2.24, 2.45) is 0 Å². The van der Waals surface area contributed by atoms with Crippen LogP contribution in [0.1, 0.15) is 11.1 Å². The van der Waals surface area contributed by atoms with Gasteiger partial charge in [-0.1, -0.05) is 29.8 Å². The van der Waals surface area contributed by atoms with Gasteiger partial charge in [-0.3, -0.25) is 0 Å². The van der Waals surface area contributed by atoms with Crippen LogP contribution in [0.2, 0.25) is 5.02 Å². The van der Waals surface area contributed by atoms with Crippen LogP contribution in [0.15, 0.2) is 46.9 Å². The lowest BCUT2D eigenvalue weighted by Gasteiger charge is -2.09. The normalized spacial score (nSPS) is 10.5. The topological polar surface area (TPSA) is 21.3 Å². The van der Waals surface area contributed by atoms with Gasteiger partial charge in [0.25, 0.3) is 0 Å². The number of ether oxygens (including phenoxy) is 1. The molecule has 0 amide bonds. The Morgan fingerprint density at radius 2 is 2.00 bits per heavy atom. The van der Waals surface area contributed by atoms with E-state index in [9.17, 15) is 0 Å². The van der Waals surface area contributed by atoms with Crippen molar-refractivity contribution in [1.82, 2.24) is 0 Å². The van der Waals surface area contributed by atoms with Gasteiger partial charge in [0, 0.05) is 23.8 Å². The number of anilines is 1. The zero-order valence-corrected chi connectivity index (χ0v) is 13.0. The molecular formula is C15H15BrClNO. The highest BCUT2D eigenvalue weighted by Gasteiger charge is 2.00. The molecule has 0 saturated carbocycles. The van der Waals surface area contributed by atoms with Crippen LogP contribution in [-0.4, -0.2) is 7.11 Å². The van der Waals surface area contributed by atoms with Crippen LogP contribution in [0.3, 0.4) is 0 Å². The number of hydrogen-bond donors (Lipinski definition) is 1. The van der Waals surface area contributed by atoms with Gasteiger partial charge in [0.15, 0.2) is 0 Å². The fourth-order valence-corrected chi connectivity index (χ4v) is 2.34. The molecule has 0 bridgehead atoms. The van der Waals surface area contributed by atoms with Crippen molar-refractivity contribution in [3.8, 4) is 0 Å². The van der Waals surface area contributed by atoms with Crippen molar-refractivity contribution in [3.05, 3.63) is 63.1 Å². The molecule has 0 aliphatic rings. The van der Waals surface area contributed by atoms with E-state index in [1.165, 1.54) is 5.56 Å². The third-order valence-electron chi connectivity index (χ3n) is 2.72. The van der Waals surface area contributed by atoms with E-state index in [0.717, 1.165) is 27.3 Å². The molecule has 0 aromatic heterocycles. The maximum Gasteiger partial charge on any atom is 0.0713 e. The van der Waals surface area contributed by atoms with E-state index in [2.05, 4.69) is 27.3 Å². The average molecular weight is 341 g/mol. The first-order valence-electron chi connectivity index (χ1n) is 5.94. The van der Waals surface area contributed by atoms with E-state index >= 15 is 0 Å². The molecule has 2 rings (SSSR count).